The molecule has 7 heteroatoms. The fraction of sp³-hybridized carbons (Fsp3) is 0.739. The lowest BCUT2D eigenvalue weighted by atomic mass is 9.99. The molecule has 2 rings (SSSR count). The molecule has 1 aliphatic heterocycles. The van der Waals surface area contributed by atoms with Gasteiger partial charge < -0.3 is 34.6 Å². The second-order valence-corrected chi connectivity index (χ2v) is 7.98. The second-order valence-electron chi connectivity index (χ2n) is 7.98. The van der Waals surface area contributed by atoms with E-state index in [9.17, 15) is 20.4 Å². The molecule has 0 spiro atoms. The smallest absolute Gasteiger partial charge is 0.187 e. The van der Waals surface area contributed by atoms with E-state index in [4.69, 9.17) is 14.2 Å². The maximum atomic E-state index is 9.99. The van der Waals surface area contributed by atoms with Gasteiger partial charge in [-0.1, -0.05) is 64.0 Å². The van der Waals surface area contributed by atoms with Crippen LogP contribution in [-0.2, 0) is 16.1 Å². The molecule has 1 aromatic carbocycles. The largest absolute Gasteiger partial charge is 0.494 e. The first kappa shape index (κ1) is 25.0. The highest BCUT2D eigenvalue weighted by molar-refractivity contribution is 5.26. The summed E-state index contributed by atoms with van der Waals surface area (Å²) in [6.45, 7) is 2.61. The third kappa shape index (κ3) is 8.13. The standard InChI is InChI=1S/C23H38O7/c1-2-3-4-5-6-7-8-9-14-28-18-12-10-17(11-13-18)16-29-23-22(27)21(26)20(25)19(15-24)30-23/h10-13,19-27H,2-9,14-16H2,1H3/t19-,20-,21+,22-,23-/m1/s1. The molecule has 1 aromatic rings. The number of ether oxygens (including phenoxy) is 3. The molecule has 1 heterocycles. The summed E-state index contributed by atoms with van der Waals surface area (Å²) in [5, 5.41) is 38.8. The van der Waals surface area contributed by atoms with Gasteiger partial charge in [-0.05, 0) is 24.1 Å². The van der Waals surface area contributed by atoms with Crippen molar-refractivity contribution in [1.29, 1.82) is 0 Å². The van der Waals surface area contributed by atoms with Crippen LogP contribution in [0.3, 0.4) is 0 Å². The third-order valence-corrected chi connectivity index (χ3v) is 5.45. The maximum absolute atomic E-state index is 9.99. The monoisotopic (exact) mass is 426 g/mol. The number of aliphatic hydroxyl groups is 4. The third-order valence-electron chi connectivity index (χ3n) is 5.45. The Bertz CT molecular complexity index is 563. The number of hydrogen-bond acceptors (Lipinski definition) is 7. The van der Waals surface area contributed by atoms with Crippen LogP contribution in [0, 0.1) is 0 Å². The maximum Gasteiger partial charge on any atom is 0.187 e. The highest BCUT2D eigenvalue weighted by atomic mass is 16.7. The zero-order chi connectivity index (χ0) is 21.8. The molecule has 172 valence electrons. The Morgan fingerprint density at radius 2 is 1.47 bits per heavy atom. The number of rotatable bonds is 14. The molecular formula is C23H38O7. The van der Waals surface area contributed by atoms with Crippen molar-refractivity contribution in [3.8, 4) is 5.75 Å². The molecule has 0 aliphatic carbocycles. The number of hydrogen-bond donors (Lipinski definition) is 4. The fourth-order valence-electron chi connectivity index (χ4n) is 3.49. The van der Waals surface area contributed by atoms with Crippen LogP contribution < -0.4 is 4.74 Å². The Kier molecular flexibility index (Phi) is 11.7. The summed E-state index contributed by atoms with van der Waals surface area (Å²) in [5.41, 5.74) is 0.853. The lowest BCUT2D eigenvalue weighted by Crippen LogP contribution is -2.59. The van der Waals surface area contributed by atoms with Gasteiger partial charge in [-0.15, -0.1) is 0 Å². The normalized spacial score (nSPS) is 26.6. The van der Waals surface area contributed by atoms with Gasteiger partial charge in [0.2, 0.25) is 0 Å². The Balaban J connectivity index is 1.63. The minimum absolute atomic E-state index is 0.154. The molecule has 0 amide bonds. The van der Waals surface area contributed by atoms with Gasteiger partial charge in [0.05, 0.1) is 19.8 Å². The van der Waals surface area contributed by atoms with Crippen molar-refractivity contribution in [1.82, 2.24) is 0 Å². The van der Waals surface area contributed by atoms with Crippen molar-refractivity contribution < 1.29 is 34.6 Å². The van der Waals surface area contributed by atoms with Crippen LogP contribution in [-0.4, -0.2) is 64.3 Å². The van der Waals surface area contributed by atoms with E-state index in [1.54, 1.807) is 0 Å². The lowest BCUT2D eigenvalue weighted by molar-refractivity contribution is -0.304. The van der Waals surface area contributed by atoms with Crippen LogP contribution >= 0.6 is 0 Å². The predicted octanol–water partition coefficient (Wildman–Crippen LogP) is 2.52. The topological polar surface area (TPSA) is 109 Å². The quantitative estimate of drug-likeness (QED) is 0.339. The van der Waals surface area contributed by atoms with Gasteiger partial charge in [0.15, 0.2) is 6.29 Å². The van der Waals surface area contributed by atoms with Crippen LogP contribution in [0.5, 0.6) is 5.75 Å². The molecule has 0 aromatic heterocycles. The average Bonchev–Trinajstić information content (AvgIpc) is 2.77. The molecule has 1 fully saturated rings. The van der Waals surface area contributed by atoms with Gasteiger partial charge in [0, 0.05) is 0 Å². The zero-order valence-corrected chi connectivity index (χ0v) is 18.0. The van der Waals surface area contributed by atoms with E-state index >= 15 is 0 Å². The van der Waals surface area contributed by atoms with E-state index in [0.717, 1.165) is 17.7 Å². The van der Waals surface area contributed by atoms with E-state index in [1.807, 2.05) is 24.3 Å². The average molecular weight is 427 g/mol. The molecule has 4 N–H and O–H groups in total. The SMILES string of the molecule is CCCCCCCCCCOc1ccc(CO[C@@H]2O[C@H](CO)[C@@H](O)[C@H](O)[C@H]2O)cc1. The van der Waals surface area contributed by atoms with E-state index in [0.29, 0.717) is 6.61 Å². The van der Waals surface area contributed by atoms with Gasteiger partial charge in [-0.3, -0.25) is 0 Å². The van der Waals surface area contributed by atoms with Crippen molar-refractivity contribution in [2.75, 3.05) is 13.2 Å². The molecule has 5 atom stereocenters. The number of aliphatic hydroxyl groups excluding tert-OH is 4. The van der Waals surface area contributed by atoms with E-state index in [-0.39, 0.29) is 6.61 Å². The summed E-state index contributed by atoms with van der Waals surface area (Å²) in [4.78, 5) is 0. The molecule has 0 saturated carbocycles. The molecule has 0 unspecified atom stereocenters. The van der Waals surface area contributed by atoms with Gasteiger partial charge >= 0.3 is 0 Å². The van der Waals surface area contributed by atoms with Crippen LogP contribution in [0.15, 0.2) is 24.3 Å². The molecular weight excluding hydrogens is 388 g/mol. The summed E-state index contributed by atoms with van der Waals surface area (Å²) in [7, 11) is 0. The highest BCUT2D eigenvalue weighted by Crippen LogP contribution is 2.23. The van der Waals surface area contributed by atoms with Gasteiger partial charge in [-0.25, -0.2) is 0 Å². The molecule has 1 aliphatic rings. The molecule has 0 radical (unpaired) electrons. The van der Waals surface area contributed by atoms with Crippen molar-refractivity contribution in [2.45, 2.75) is 95.6 Å². The Morgan fingerprint density at radius 3 is 2.10 bits per heavy atom. The summed E-state index contributed by atoms with van der Waals surface area (Å²) in [6.07, 6.45) is 3.81. The first-order chi connectivity index (χ1) is 14.6. The van der Waals surface area contributed by atoms with E-state index in [2.05, 4.69) is 6.92 Å². The summed E-state index contributed by atoms with van der Waals surface area (Å²) >= 11 is 0. The van der Waals surface area contributed by atoms with Crippen LogP contribution in [0.1, 0.15) is 63.9 Å². The van der Waals surface area contributed by atoms with Gasteiger partial charge in [0.1, 0.15) is 30.2 Å². The number of benzene rings is 1. The van der Waals surface area contributed by atoms with E-state index in [1.165, 1.54) is 44.9 Å². The number of unbranched alkanes of at least 4 members (excludes halogenated alkanes) is 7. The molecule has 0 bridgehead atoms. The van der Waals surface area contributed by atoms with Crippen molar-refractivity contribution in [3.63, 3.8) is 0 Å². The van der Waals surface area contributed by atoms with Crippen LogP contribution in [0.4, 0.5) is 0 Å². The predicted molar refractivity (Wildman–Crippen MR) is 113 cm³/mol. The molecule has 1 saturated heterocycles. The zero-order valence-electron chi connectivity index (χ0n) is 18.0. The lowest BCUT2D eigenvalue weighted by Gasteiger charge is -2.39. The minimum atomic E-state index is -1.44. The second kappa shape index (κ2) is 14.0. The van der Waals surface area contributed by atoms with Crippen LogP contribution in [0.25, 0.3) is 0 Å². The van der Waals surface area contributed by atoms with Crippen LogP contribution in [0.2, 0.25) is 0 Å². The van der Waals surface area contributed by atoms with Gasteiger partial charge in [0.25, 0.3) is 0 Å². The summed E-state index contributed by atoms with van der Waals surface area (Å²) in [6, 6.07) is 7.48. The van der Waals surface area contributed by atoms with Crippen molar-refractivity contribution in [3.05, 3.63) is 29.8 Å². The van der Waals surface area contributed by atoms with E-state index < -0.39 is 37.3 Å². The Hall–Kier alpha value is -1.22. The van der Waals surface area contributed by atoms with Crippen molar-refractivity contribution >= 4 is 0 Å². The Morgan fingerprint density at radius 1 is 0.833 bits per heavy atom. The molecule has 30 heavy (non-hydrogen) atoms. The fourth-order valence-corrected chi connectivity index (χ4v) is 3.49. The van der Waals surface area contributed by atoms with Crippen molar-refractivity contribution in [2.24, 2.45) is 0 Å². The van der Waals surface area contributed by atoms with Gasteiger partial charge in [-0.2, -0.15) is 0 Å². The minimum Gasteiger partial charge on any atom is -0.494 e. The molecule has 7 nitrogen and oxygen atoms in total. The first-order valence-electron chi connectivity index (χ1n) is 11.2. The first-order valence-corrected chi connectivity index (χ1v) is 11.2. The Labute approximate surface area is 179 Å². The summed E-state index contributed by atoms with van der Waals surface area (Å²) < 4.78 is 16.6. The summed E-state index contributed by atoms with van der Waals surface area (Å²) in [5.74, 6) is 0.800. The highest BCUT2D eigenvalue weighted by Gasteiger charge is 2.43.